The molecule has 0 aromatic heterocycles. The lowest BCUT2D eigenvalue weighted by atomic mass is 9.59. The van der Waals surface area contributed by atoms with Gasteiger partial charge in [0.2, 0.25) is 11.8 Å². The van der Waals surface area contributed by atoms with Crippen LogP contribution < -0.4 is 9.64 Å². The molecule has 3 rings (SSSR count). The van der Waals surface area contributed by atoms with Gasteiger partial charge >= 0.3 is 5.97 Å². The summed E-state index contributed by atoms with van der Waals surface area (Å²) < 4.78 is 5.08. The summed E-state index contributed by atoms with van der Waals surface area (Å²) in [6.07, 6.45) is 4.08. The molecule has 0 N–H and O–H groups in total. The number of imide groups is 1. The van der Waals surface area contributed by atoms with E-state index >= 15 is 0 Å². The molecule has 1 saturated heterocycles. The zero-order chi connectivity index (χ0) is 18.6. The molecule has 1 aliphatic carbocycles. The van der Waals surface area contributed by atoms with Gasteiger partial charge < -0.3 is 4.74 Å². The van der Waals surface area contributed by atoms with E-state index in [9.17, 15) is 14.4 Å². The lowest BCUT2D eigenvalue weighted by Gasteiger charge is -2.41. The molecule has 2 unspecified atom stereocenters. The van der Waals surface area contributed by atoms with Gasteiger partial charge in [0.05, 0.1) is 17.5 Å². The van der Waals surface area contributed by atoms with Gasteiger partial charge in [-0.3, -0.25) is 14.4 Å². The lowest BCUT2D eigenvalue weighted by molar-refractivity contribution is -0.132. The van der Waals surface area contributed by atoms with Crippen molar-refractivity contribution in [3.05, 3.63) is 36.4 Å². The average molecular weight is 341 g/mol. The highest BCUT2D eigenvalue weighted by molar-refractivity contribution is 6.22. The van der Waals surface area contributed by atoms with Crippen LogP contribution >= 0.6 is 0 Å². The van der Waals surface area contributed by atoms with Gasteiger partial charge in [0.25, 0.3) is 0 Å². The minimum atomic E-state index is -0.448. The Morgan fingerprint density at radius 3 is 2.00 bits per heavy atom. The summed E-state index contributed by atoms with van der Waals surface area (Å²) in [5.74, 6) is -1.34. The number of benzene rings is 1. The van der Waals surface area contributed by atoms with Crippen molar-refractivity contribution in [3.63, 3.8) is 0 Å². The highest BCUT2D eigenvalue weighted by Gasteiger charge is 2.59. The van der Waals surface area contributed by atoms with Crippen molar-refractivity contribution in [2.24, 2.45) is 22.7 Å². The van der Waals surface area contributed by atoms with Crippen molar-refractivity contribution in [1.29, 1.82) is 0 Å². The topological polar surface area (TPSA) is 63.7 Å². The smallest absolute Gasteiger partial charge is 0.308 e. The number of hydrogen-bond acceptors (Lipinski definition) is 4. The molecule has 5 heteroatoms. The van der Waals surface area contributed by atoms with Gasteiger partial charge in [-0.05, 0) is 23.0 Å². The van der Waals surface area contributed by atoms with Crippen molar-refractivity contribution >= 4 is 23.5 Å². The van der Waals surface area contributed by atoms with Gasteiger partial charge in [-0.2, -0.15) is 0 Å². The maximum absolute atomic E-state index is 13.2. The normalized spacial score (nSPS) is 26.5. The van der Waals surface area contributed by atoms with Gasteiger partial charge in [-0.1, -0.05) is 45.9 Å². The van der Waals surface area contributed by atoms with E-state index < -0.39 is 28.6 Å². The van der Waals surface area contributed by atoms with E-state index in [0.717, 1.165) is 0 Å². The average Bonchev–Trinajstić information content (AvgIpc) is 2.77. The predicted octanol–water partition coefficient (Wildman–Crippen LogP) is 3.34. The molecule has 132 valence electrons. The zero-order valence-electron chi connectivity index (χ0n) is 15.2. The van der Waals surface area contributed by atoms with Crippen LogP contribution in [0.5, 0.6) is 5.75 Å². The molecule has 0 bridgehead atoms. The number of esters is 1. The molecule has 0 saturated carbocycles. The quantitative estimate of drug-likeness (QED) is 0.358. The second kappa shape index (κ2) is 5.55. The van der Waals surface area contributed by atoms with E-state index in [1.54, 1.807) is 24.3 Å². The number of anilines is 1. The summed E-state index contributed by atoms with van der Waals surface area (Å²) >= 11 is 0. The number of allylic oxidation sites excluding steroid dienone is 2. The fourth-order valence-corrected chi connectivity index (χ4v) is 3.91. The van der Waals surface area contributed by atoms with E-state index in [2.05, 4.69) is 0 Å². The minimum Gasteiger partial charge on any atom is -0.427 e. The van der Waals surface area contributed by atoms with Gasteiger partial charge in [-0.15, -0.1) is 0 Å². The van der Waals surface area contributed by atoms with E-state index in [1.165, 1.54) is 11.8 Å². The largest absolute Gasteiger partial charge is 0.427 e. The summed E-state index contributed by atoms with van der Waals surface area (Å²) in [4.78, 5) is 38.7. The molecule has 1 aromatic rings. The summed E-state index contributed by atoms with van der Waals surface area (Å²) in [6.45, 7) is 9.26. The maximum Gasteiger partial charge on any atom is 0.308 e. The number of amides is 2. The first-order valence-electron chi connectivity index (χ1n) is 8.41. The number of carbonyl (C=O) groups excluding carboxylic acids is 3. The van der Waals surface area contributed by atoms with Crippen LogP contribution in [0.25, 0.3) is 0 Å². The molecular formula is C20H23NO4. The number of carbonyl (C=O) groups is 3. The monoisotopic (exact) mass is 341 g/mol. The SMILES string of the molecule is CC(=O)Oc1cccc(N2C(=O)C3C(C2=O)C(C)(C)C=CC3(C)C)c1. The third-order valence-corrected chi connectivity index (χ3v) is 5.19. The van der Waals surface area contributed by atoms with Crippen LogP contribution in [0, 0.1) is 22.7 Å². The Hall–Kier alpha value is -2.43. The summed E-state index contributed by atoms with van der Waals surface area (Å²) in [6, 6.07) is 6.54. The molecule has 25 heavy (non-hydrogen) atoms. The molecular weight excluding hydrogens is 318 g/mol. The molecule has 2 atom stereocenters. The number of ether oxygens (including phenoxy) is 1. The first kappa shape index (κ1) is 17.4. The molecule has 2 aliphatic rings. The van der Waals surface area contributed by atoms with E-state index in [0.29, 0.717) is 11.4 Å². The summed E-state index contributed by atoms with van der Waals surface area (Å²) in [7, 11) is 0. The first-order valence-corrected chi connectivity index (χ1v) is 8.41. The number of fused-ring (bicyclic) bond motifs is 1. The van der Waals surface area contributed by atoms with Crippen molar-refractivity contribution < 1.29 is 19.1 Å². The van der Waals surface area contributed by atoms with Crippen LogP contribution in [0.1, 0.15) is 34.6 Å². The van der Waals surface area contributed by atoms with E-state index in [1.807, 2.05) is 39.8 Å². The fourth-order valence-electron chi connectivity index (χ4n) is 3.91. The van der Waals surface area contributed by atoms with Crippen LogP contribution in [-0.2, 0) is 14.4 Å². The highest BCUT2D eigenvalue weighted by atomic mass is 16.5. The van der Waals surface area contributed by atoms with Gasteiger partial charge in [0.15, 0.2) is 0 Å². The Bertz CT molecular complexity index is 755. The van der Waals surface area contributed by atoms with E-state index in [-0.39, 0.29) is 11.8 Å². The zero-order valence-corrected chi connectivity index (χ0v) is 15.2. The summed E-state index contributed by atoms with van der Waals surface area (Å²) in [5, 5.41) is 0. The van der Waals surface area contributed by atoms with Crippen molar-refractivity contribution in [2.75, 3.05) is 4.90 Å². The second-order valence-electron chi connectivity index (χ2n) is 8.03. The molecule has 2 amide bonds. The first-order chi connectivity index (χ1) is 11.5. The Kier molecular flexibility index (Phi) is 3.86. The van der Waals surface area contributed by atoms with Crippen molar-refractivity contribution in [2.45, 2.75) is 34.6 Å². The van der Waals surface area contributed by atoms with Gasteiger partial charge in [-0.25, -0.2) is 4.90 Å². The molecule has 0 radical (unpaired) electrons. The maximum atomic E-state index is 13.2. The second-order valence-corrected chi connectivity index (χ2v) is 8.03. The predicted molar refractivity (Wildman–Crippen MR) is 93.9 cm³/mol. The molecule has 1 aromatic carbocycles. The van der Waals surface area contributed by atoms with Gasteiger partial charge in [0.1, 0.15) is 5.75 Å². The molecule has 5 nitrogen and oxygen atoms in total. The third-order valence-electron chi connectivity index (χ3n) is 5.19. The van der Waals surface area contributed by atoms with Gasteiger partial charge in [0, 0.05) is 13.0 Å². The van der Waals surface area contributed by atoms with E-state index in [4.69, 9.17) is 4.74 Å². The lowest BCUT2D eigenvalue weighted by Crippen LogP contribution is -2.42. The fraction of sp³-hybridized carbons (Fsp3) is 0.450. The molecule has 1 heterocycles. The van der Waals surface area contributed by atoms with Crippen molar-refractivity contribution in [3.8, 4) is 5.75 Å². The number of hydrogen-bond donors (Lipinski definition) is 0. The van der Waals surface area contributed by atoms with Crippen LogP contribution in [0.3, 0.4) is 0 Å². The molecule has 1 aliphatic heterocycles. The van der Waals surface area contributed by atoms with Crippen LogP contribution in [-0.4, -0.2) is 17.8 Å². The highest BCUT2D eigenvalue weighted by Crippen LogP contribution is 2.53. The molecule has 0 spiro atoms. The van der Waals surface area contributed by atoms with Crippen LogP contribution in [0.2, 0.25) is 0 Å². The van der Waals surface area contributed by atoms with Crippen LogP contribution in [0.4, 0.5) is 5.69 Å². The standard InChI is InChI=1S/C20H23NO4/c1-12(22)25-14-8-6-7-13(11-14)21-17(23)15-16(18(21)24)20(4,5)10-9-19(15,2)3/h6-11,15-16H,1-5H3. The number of nitrogens with zero attached hydrogens (tertiary/aromatic N) is 1. The Labute approximate surface area is 147 Å². The number of rotatable bonds is 2. The van der Waals surface area contributed by atoms with Crippen molar-refractivity contribution in [1.82, 2.24) is 0 Å². The third kappa shape index (κ3) is 2.77. The Morgan fingerprint density at radius 2 is 1.52 bits per heavy atom. The van der Waals surface area contributed by atoms with Crippen LogP contribution in [0.15, 0.2) is 36.4 Å². The summed E-state index contributed by atoms with van der Waals surface area (Å²) in [5.41, 5.74) is -0.348. The Morgan fingerprint density at radius 1 is 1.00 bits per heavy atom. The minimum absolute atomic E-state index is 0.197. The Balaban J connectivity index is 2.05. The molecule has 1 fully saturated rings.